The number of ether oxygens (including phenoxy) is 1. The highest BCUT2D eigenvalue weighted by atomic mass is 31.2. The maximum atomic E-state index is 15.1. The van der Waals surface area contributed by atoms with E-state index in [0.717, 1.165) is 17.2 Å². The molecule has 1 fully saturated rings. The quantitative estimate of drug-likeness (QED) is 0.515. The van der Waals surface area contributed by atoms with Gasteiger partial charge >= 0.3 is 7.82 Å². The number of rotatable bonds is 5. The largest absolute Gasteiger partial charge is 0.530 e. The fourth-order valence-corrected chi connectivity index (χ4v) is 4.92. The number of nitrogens with two attached hydrogens (primary N) is 1. The molecule has 0 bridgehead atoms. The Bertz CT molecular complexity index is 1250. The first kappa shape index (κ1) is 22.0. The lowest BCUT2D eigenvalue weighted by Crippen LogP contribution is -2.52. The summed E-state index contributed by atoms with van der Waals surface area (Å²) in [6.45, 7) is -1.35. The van der Waals surface area contributed by atoms with E-state index < -0.39 is 45.0 Å². The molecular formula is C18H17F3N5O6P. The molecule has 5 unspecified atom stereocenters. The minimum Gasteiger partial charge on any atom is -0.404 e. The average Bonchev–Trinajstić information content (AvgIpc) is 3.33. The number of aliphatic hydroxyl groups excluding tert-OH is 1. The number of alkyl halides is 3. The summed E-state index contributed by atoms with van der Waals surface area (Å²) in [5, 5.41) is 10.4. The van der Waals surface area contributed by atoms with Crippen LogP contribution in [-0.4, -0.2) is 55.5 Å². The number of aromatic nitrogens is 4. The molecule has 3 N–H and O–H groups in total. The van der Waals surface area contributed by atoms with Crippen LogP contribution >= 0.6 is 7.82 Å². The van der Waals surface area contributed by atoms with Crippen LogP contribution in [0.1, 0.15) is 11.8 Å². The van der Waals surface area contributed by atoms with E-state index >= 15 is 4.39 Å². The zero-order valence-corrected chi connectivity index (χ0v) is 17.5. The Kier molecular flexibility index (Phi) is 5.29. The van der Waals surface area contributed by atoms with Crippen LogP contribution in [0.3, 0.4) is 0 Å². The number of phosphoric acid groups is 1. The van der Waals surface area contributed by atoms with E-state index in [-0.39, 0.29) is 29.3 Å². The lowest BCUT2D eigenvalue weighted by Gasteiger charge is -2.32. The van der Waals surface area contributed by atoms with Crippen molar-refractivity contribution < 1.29 is 41.2 Å². The molecule has 0 aliphatic carbocycles. The Labute approximate surface area is 183 Å². The average molecular weight is 487 g/mol. The standard InChI is InChI=1S/C18H17F3N5O6P/c19-11-13(27)18(17(20)21,6-30-33(28)29-5-9-3-1-2-4-10(9)32-33)31-16(11)26-8-25-12-14(22)23-7-24-15(12)26/h1-4,7-8,11,13,16-17,27H,5-6H2,(H2,22,23,24). The van der Waals surface area contributed by atoms with Crippen LogP contribution in [-0.2, 0) is 25.0 Å². The molecular weight excluding hydrogens is 470 g/mol. The number of nitrogen functional groups attached to an aromatic ring is 1. The maximum absolute atomic E-state index is 15.1. The fourth-order valence-electron chi connectivity index (χ4n) is 3.67. The number of aliphatic hydroxyl groups is 1. The Morgan fingerprint density at radius 3 is 2.91 bits per heavy atom. The predicted molar refractivity (Wildman–Crippen MR) is 105 cm³/mol. The molecule has 2 aliphatic rings. The van der Waals surface area contributed by atoms with Gasteiger partial charge in [-0.15, -0.1) is 0 Å². The third-order valence-corrected chi connectivity index (χ3v) is 6.77. The molecule has 176 valence electrons. The van der Waals surface area contributed by atoms with Crippen molar-refractivity contribution in [1.29, 1.82) is 0 Å². The van der Waals surface area contributed by atoms with Crippen LogP contribution in [0, 0.1) is 0 Å². The smallest absolute Gasteiger partial charge is 0.404 e. The minimum atomic E-state index is -4.36. The molecule has 5 atom stereocenters. The van der Waals surface area contributed by atoms with Crippen LogP contribution in [0.4, 0.5) is 19.0 Å². The van der Waals surface area contributed by atoms with Crippen LogP contribution < -0.4 is 10.3 Å². The highest BCUT2D eigenvalue weighted by Crippen LogP contribution is 2.56. The molecule has 15 heteroatoms. The van der Waals surface area contributed by atoms with Gasteiger partial charge < -0.3 is 20.1 Å². The van der Waals surface area contributed by atoms with Gasteiger partial charge in [0.2, 0.25) is 0 Å². The third-order valence-electron chi connectivity index (χ3n) is 5.45. The third kappa shape index (κ3) is 3.54. The lowest BCUT2D eigenvalue weighted by molar-refractivity contribution is -0.193. The van der Waals surface area contributed by atoms with Crippen molar-refractivity contribution in [1.82, 2.24) is 19.5 Å². The Morgan fingerprint density at radius 2 is 2.12 bits per heavy atom. The minimum absolute atomic E-state index is 0.0108. The SMILES string of the molecule is Nc1ncnc2c1ncn2C1OC(COP2(=O)OCc3ccccc3O2)(C(F)F)C(O)C1F. The summed E-state index contributed by atoms with van der Waals surface area (Å²) >= 11 is 0. The van der Waals surface area contributed by atoms with Gasteiger partial charge in [0.1, 0.15) is 23.7 Å². The van der Waals surface area contributed by atoms with E-state index in [1.807, 2.05) is 0 Å². The molecule has 0 radical (unpaired) electrons. The number of nitrogens with zero attached hydrogens (tertiary/aromatic N) is 4. The molecule has 11 nitrogen and oxygen atoms in total. The summed E-state index contributed by atoms with van der Waals surface area (Å²) < 4.78 is 78.0. The molecule has 0 amide bonds. The lowest BCUT2D eigenvalue weighted by atomic mass is 9.97. The molecule has 4 heterocycles. The summed E-state index contributed by atoms with van der Waals surface area (Å²) in [5.41, 5.74) is 3.50. The monoisotopic (exact) mass is 487 g/mol. The number of anilines is 1. The molecule has 2 aromatic heterocycles. The maximum Gasteiger partial charge on any atom is 0.530 e. The number of hydrogen-bond acceptors (Lipinski definition) is 10. The van der Waals surface area contributed by atoms with Crippen molar-refractivity contribution >= 4 is 24.8 Å². The Morgan fingerprint density at radius 1 is 1.33 bits per heavy atom. The summed E-state index contributed by atoms with van der Waals surface area (Å²) in [6.07, 6.45) is -7.73. The summed E-state index contributed by atoms with van der Waals surface area (Å²) in [6, 6.07) is 6.48. The number of fused-ring (bicyclic) bond motifs is 2. The van der Waals surface area contributed by atoms with Crippen LogP contribution in [0.15, 0.2) is 36.9 Å². The number of para-hydroxylation sites is 1. The highest BCUT2D eigenvalue weighted by Gasteiger charge is 2.62. The van der Waals surface area contributed by atoms with Gasteiger partial charge in [0, 0.05) is 5.56 Å². The van der Waals surface area contributed by atoms with Crippen LogP contribution in [0.5, 0.6) is 5.75 Å². The van der Waals surface area contributed by atoms with Crippen molar-refractivity contribution in [2.45, 2.75) is 37.1 Å². The summed E-state index contributed by atoms with van der Waals surface area (Å²) in [4.78, 5) is 11.6. The molecule has 33 heavy (non-hydrogen) atoms. The highest BCUT2D eigenvalue weighted by molar-refractivity contribution is 7.49. The van der Waals surface area contributed by atoms with Gasteiger partial charge in [0.25, 0.3) is 6.43 Å². The van der Waals surface area contributed by atoms with Gasteiger partial charge in [0.05, 0.1) is 19.5 Å². The van der Waals surface area contributed by atoms with E-state index in [1.54, 1.807) is 18.2 Å². The zero-order chi connectivity index (χ0) is 23.4. The van der Waals surface area contributed by atoms with Crippen molar-refractivity contribution in [3.8, 4) is 5.75 Å². The van der Waals surface area contributed by atoms with Crippen molar-refractivity contribution in [3.05, 3.63) is 42.5 Å². The molecule has 0 spiro atoms. The van der Waals surface area contributed by atoms with E-state index in [1.165, 1.54) is 6.07 Å². The normalized spacial score (nSPS) is 31.6. The molecule has 2 aliphatic heterocycles. The molecule has 1 saturated heterocycles. The van der Waals surface area contributed by atoms with Crippen molar-refractivity contribution in [2.75, 3.05) is 12.3 Å². The summed E-state index contributed by atoms with van der Waals surface area (Å²) in [7, 11) is -4.36. The van der Waals surface area contributed by atoms with E-state index in [4.69, 9.17) is 24.0 Å². The number of hydrogen-bond donors (Lipinski definition) is 2. The number of imidazole rings is 1. The zero-order valence-electron chi connectivity index (χ0n) is 16.6. The number of halogens is 3. The molecule has 0 saturated carbocycles. The van der Waals surface area contributed by atoms with Gasteiger partial charge in [-0.2, -0.15) is 0 Å². The van der Waals surface area contributed by atoms with Gasteiger partial charge in [0.15, 0.2) is 29.5 Å². The van der Waals surface area contributed by atoms with Crippen LogP contribution in [0.25, 0.3) is 11.2 Å². The van der Waals surface area contributed by atoms with E-state index in [0.29, 0.717) is 5.56 Å². The predicted octanol–water partition coefficient (Wildman–Crippen LogP) is 2.37. The Hall–Kier alpha value is -2.77. The Balaban J connectivity index is 1.42. The van der Waals surface area contributed by atoms with Gasteiger partial charge in [-0.05, 0) is 6.07 Å². The van der Waals surface area contributed by atoms with Crippen LogP contribution in [0.2, 0.25) is 0 Å². The number of phosphoric ester groups is 1. The molecule has 3 aromatic rings. The first-order valence-corrected chi connectivity index (χ1v) is 11.1. The van der Waals surface area contributed by atoms with Crippen molar-refractivity contribution in [3.63, 3.8) is 0 Å². The molecule has 5 rings (SSSR count). The topological polar surface area (TPSA) is 144 Å². The van der Waals surface area contributed by atoms with E-state index in [2.05, 4.69) is 15.0 Å². The second-order valence-corrected chi connectivity index (χ2v) is 9.02. The van der Waals surface area contributed by atoms with Gasteiger partial charge in [-0.3, -0.25) is 13.6 Å². The molecule has 1 aromatic carbocycles. The van der Waals surface area contributed by atoms with Crippen molar-refractivity contribution in [2.24, 2.45) is 0 Å². The summed E-state index contributed by atoms with van der Waals surface area (Å²) in [5.74, 6) is 0.176. The first-order valence-electron chi connectivity index (χ1n) is 9.62. The van der Waals surface area contributed by atoms with Gasteiger partial charge in [-0.25, -0.2) is 32.7 Å². The van der Waals surface area contributed by atoms with Gasteiger partial charge in [-0.1, -0.05) is 18.2 Å². The van der Waals surface area contributed by atoms with E-state index in [9.17, 15) is 18.5 Å². The first-order chi connectivity index (χ1) is 15.7. The second kappa shape index (κ2) is 7.92. The fraction of sp³-hybridized carbons (Fsp3) is 0.389. The second-order valence-electron chi connectivity index (χ2n) is 7.43. The number of benzene rings is 1.